The molecule has 6 nitrogen and oxygen atoms in total. The second-order valence-corrected chi connectivity index (χ2v) is 9.93. The number of rotatable bonds is 11. The lowest BCUT2D eigenvalue weighted by atomic mass is 9.86. The fourth-order valence-corrected chi connectivity index (χ4v) is 4.09. The molecule has 0 amide bonds. The Hall–Kier alpha value is -1.31. The number of hydrogen-bond donors (Lipinski definition) is 3. The van der Waals surface area contributed by atoms with E-state index in [0.29, 0.717) is 5.92 Å². The normalized spacial score (nSPS) is 20.6. The van der Waals surface area contributed by atoms with Gasteiger partial charge in [0.1, 0.15) is 5.75 Å². The fourth-order valence-electron chi connectivity index (χ4n) is 3.12. The summed E-state index contributed by atoms with van der Waals surface area (Å²) in [6.07, 6.45) is 6.08. The molecule has 0 heterocycles. The Labute approximate surface area is 164 Å². The summed E-state index contributed by atoms with van der Waals surface area (Å²) in [5.41, 5.74) is 7.54. The van der Waals surface area contributed by atoms with E-state index in [1.807, 2.05) is 24.3 Å². The van der Waals surface area contributed by atoms with Crippen LogP contribution in [-0.4, -0.2) is 32.9 Å². The van der Waals surface area contributed by atoms with Gasteiger partial charge < -0.3 is 10.2 Å². The van der Waals surface area contributed by atoms with E-state index >= 15 is 0 Å². The molecule has 0 unspecified atom stereocenters. The maximum absolute atomic E-state index is 12.0. The summed E-state index contributed by atoms with van der Waals surface area (Å²) < 4.78 is 32.4. The second-order valence-electron chi connectivity index (χ2n) is 7.66. The van der Waals surface area contributed by atoms with Crippen molar-refractivity contribution in [1.29, 1.82) is 0 Å². The molecule has 154 valence electrons. The van der Waals surface area contributed by atoms with Crippen LogP contribution in [0, 0.1) is 5.92 Å². The topological polar surface area (TPSA) is 79.5 Å². The van der Waals surface area contributed by atoms with E-state index in [2.05, 4.69) is 22.5 Å². The van der Waals surface area contributed by atoms with E-state index in [0.717, 1.165) is 63.1 Å². The SMILES string of the molecule is CCCCOc1ccc(NNCC2CCC(NS(=O)(=O)C(C)C)CC2)cc1. The van der Waals surface area contributed by atoms with Crippen LogP contribution < -0.4 is 20.3 Å². The van der Waals surface area contributed by atoms with E-state index in [-0.39, 0.29) is 11.3 Å². The third-order valence-electron chi connectivity index (χ3n) is 5.04. The number of unbranched alkanes of at least 4 members (excludes halogenated alkanes) is 1. The van der Waals surface area contributed by atoms with Gasteiger partial charge in [0, 0.05) is 18.3 Å². The van der Waals surface area contributed by atoms with E-state index in [9.17, 15) is 8.42 Å². The molecule has 0 bridgehead atoms. The molecule has 1 fully saturated rings. The smallest absolute Gasteiger partial charge is 0.214 e. The molecule has 0 atom stereocenters. The molecule has 1 aliphatic carbocycles. The maximum atomic E-state index is 12.0. The van der Waals surface area contributed by atoms with Gasteiger partial charge in [-0.15, -0.1) is 0 Å². The Balaban J connectivity index is 1.64. The molecular formula is C20H35N3O3S. The quantitative estimate of drug-likeness (QED) is 0.392. The largest absolute Gasteiger partial charge is 0.494 e. The Kier molecular flexibility index (Phi) is 8.86. The molecule has 1 aliphatic rings. The van der Waals surface area contributed by atoms with Crippen molar-refractivity contribution >= 4 is 15.7 Å². The van der Waals surface area contributed by atoms with Gasteiger partial charge in [-0.25, -0.2) is 18.6 Å². The minimum Gasteiger partial charge on any atom is -0.494 e. The van der Waals surface area contributed by atoms with Gasteiger partial charge in [0.05, 0.1) is 11.9 Å². The molecule has 2 rings (SSSR count). The highest BCUT2D eigenvalue weighted by molar-refractivity contribution is 7.90. The summed E-state index contributed by atoms with van der Waals surface area (Å²) in [5.74, 6) is 1.46. The first-order valence-electron chi connectivity index (χ1n) is 10.1. The van der Waals surface area contributed by atoms with Crippen LogP contribution in [-0.2, 0) is 10.0 Å². The van der Waals surface area contributed by atoms with Gasteiger partial charge in [-0.1, -0.05) is 13.3 Å². The van der Waals surface area contributed by atoms with Crippen LogP contribution in [0.15, 0.2) is 24.3 Å². The molecular weight excluding hydrogens is 362 g/mol. The average molecular weight is 398 g/mol. The predicted octanol–water partition coefficient (Wildman–Crippen LogP) is 3.67. The minimum atomic E-state index is -3.17. The molecule has 0 saturated heterocycles. The number of nitrogens with one attached hydrogen (secondary N) is 3. The van der Waals surface area contributed by atoms with Gasteiger partial charge in [-0.3, -0.25) is 0 Å². The number of hydrazine groups is 1. The van der Waals surface area contributed by atoms with Crippen molar-refractivity contribution in [3.8, 4) is 5.75 Å². The molecule has 0 radical (unpaired) electrons. The van der Waals surface area contributed by atoms with Crippen molar-refractivity contribution in [3.05, 3.63) is 24.3 Å². The summed E-state index contributed by atoms with van der Waals surface area (Å²) in [6.45, 7) is 7.22. The zero-order chi connectivity index (χ0) is 19.7. The monoisotopic (exact) mass is 397 g/mol. The number of sulfonamides is 1. The molecule has 0 aromatic heterocycles. The Morgan fingerprint density at radius 1 is 1.11 bits per heavy atom. The lowest BCUT2D eigenvalue weighted by molar-refractivity contribution is 0.307. The van der Waals surface area contributed by atoms with Crippen LogP contribution in [0.5, 0.6) is 5.75 Å². The van der Waals surface area contributed by atoms with Crippen molar-refractivity contribution < 1.29 is 13.2 Å². The van der Waals surface area contributed by atoms with Gasteiger partial charge >= 0.3 is 0 Å². The highest BCUT2D eigenvalue weighted by atomic mass is 32.2. The lowest BCUT2D eigenvalue weighted by Gasteiger charge is -2.29. The van der Waals surface area contributed by atoms with E-state index < -0.39 is 10.0 Å². The molecule has 1 aromatic carbocycles. The molecule has 0 spiro atoms. The van der Waals surface area contributed by atoms with Gasteiger partial charge in [0.2, 0.25) is 10.0 Å². The van der Waals surface area contributed by atoms with Gasteiger partial charge in [-0.05, 0) is 76.1 Å². The van der Waals surface area contributed by atoms with Crippen LogP contribution in [0.2, 0.25) is 0 Å². The Morgan fingerprint density at radius 2 is 1.78 bits per heavy atom. The van der Waals surface area contributed by atoms with Crippen molar-refractivity contribution in [3.63, 3.8) is 0 Å². The van der Waals surface area contributed by atoms with E-state index in [1.54, 1.807) is 13.8 Å². The van der Waals surface area contributed by atoms with Crippen molar-refractivity contribution in [2.24, 2.45) is 5.92 Å². The van der Waals surface area contributed by atoms with Crippen LogP contribution >= 0.6 is 0 Å². The summed E-state index contributed by atoms with van der Waals surface area (Å²) in [5, 5.41) is -0.371. The van der Waals surface area contributed by atoms with Crippen molar-refractivity contribution in [1.82, 2.24) is 10.1 Å². The zero-order valence-corrected chi connectivity index (χ0v) is 17.6. The summed E-state index contributed by atoms with van der Waals surface area (Å²) in [7, 11) is -3.17. The molecule has 27 heavy (non-hydrogen) atoms. The average Bonchev–Trinajstić information content (AvgIpc) is 2.64. The molecule has 0 aliphatic heterocycles. The van der Waals surface area contributed by atoms with Gasteiger partial charge in [0.25, 0.3) is 0 Å². The van der Waals surface area contributed by atoms with Gasteiger partial charge in [-0.2, -0.15) is 0 Å². The van der Waals surface area contributed by atoms with Crippen LogP contribution in [0.3, 0.4) is 0 Å². The van der Waals surface area contributed by atoms with Crippen LogP contribution in [0.4, 0.5) is 5.69 Å². The van der Waals surface area contributed by atoms with Gasteiger partial charge in [0.15, 0.2) is 0 Å². The number of anilines is 1. The lowest BCUT2D eigenvalue weighted by Crippen LogP contribution is -2.42. The standard InChI is InChI=1S/C20H35N3O3S/c1-4-5-14-26-20-12-10-18(11-13-20)22-21-15-17-6-8-19(9-7-17)23-27(24,25)16(2)3/h10-13,16-17,19,21-23H,4-9,14-15H2,1-3H3. The van der Waals surface area contributed by atoms with Crippen molar-refractivity contribution in [2.75, 3.05) is 18.6 Å². The Bertz CT molecular complexity index is 639. The zero-order valence-electron chi connectivity index (χ0n) is 16.8. The van der Waals surface area contributed by atoms with E-state index in [4.69, 9.17) is 4.74 Å². The van der Waals surface area contributed by atoms with E-state index in [1.165, 1.54) is 0 Å². The number of hydrogen-bond acceptors (Lipinski definition) is 5. The third-order valence-corrected chi connectivity index (χ3v) is 6.95. The molecule has 1 saturated carbocycles. The third kappa shape index (κ3) is 7.68. The maximum Gasteiger partial charge on any atom is 0.214 e. The van der Waals surface area contributed by atoms with Crippen LogP contribution in [0.25, 0.3) is 0 Å². The van der Waals surface area contributed by atoms with Crippen LogP contribution in [0.1, 0.15) is 59.3 Å². The predicted molar refractivity (Wildman–Crippen MR) is 111 cm³/mol. The Morgan fingerprint density at radius 3 is 2.37 bits per heavy atom. The van der Waals surface area contributed by atoms with Crippen molar-refractivity contribution in [2.45, 2.75) is 70.6 Å². The minimum absolute atomic E-state index is 0.0851. The molecule has 1 aromatic rings. The molecule has 3 N–H and O–H groups in total. The number of benzene rings is 1. The second kappa shape index (κ2) is 10.9. The fraction of sp³-hybridized carbons (Fsp3) is 0.700. The summed E-state index contributed by atoms with van der Waals surface area (Å²) >= 11 is 0. The first-order chi connectivity index (χ1) is 12.9. The summed E-state index contributed by atoms with van der Waals surface area (Å²) in [6, 6.07) is 8.05. The number of ether oxygens (including phenoxy) is 1. The summed E-state index contributed by atoms with van der Waals surface area (Å²) in [4.78, 5) is 0. The highest BCUT2D eigenvalue weighted by Gasteiger charge is 2.26. The first-order valence-corrected chi connectivity index (χ1v) is 11.7. The highest BCUT2D eigenvalue weighted by Crippen LogP contribution is 2.24. The first kappa shape index (κ1) is 22.0. The molecule has 7 heteroatoms.